The minimum absolute atomic E-state index is 0.0552. The van der Waals surface area contributed by atoms with E-state index in [0.29, 0.717) is 0 Å². The lowest BCUT2D eigenvalue weighted by Gasteiger charge is -2.38. The van der Waals surface area contributed by atoms with Crippen molar-refractivity contribution in [2.24, 2.45) is 0 Å². The molecule has 0 radical (unpaired) electrons. The monoisotopic (exact) mass is 354 g/mol. The average Bonchev–Trinajstić information content (AvgIpc) is 2.63. The van der Waals surface area contributed by atoms with Crippen molar-refractivity contribution in [1.82, 2.24) is 14.9 Å². The summed E-state index contributed by atoms with van der Waals surface area (Å²) in [7, 11) is 1.79. The topological polar surface area (TPSA) is 69.3 Å². The molecule has 0 bridgehead atoms. The third-order valence-corrected chi connectivity index (χ3v) is 5.19. The van der Waals surface area contributed by atoms with Crippen molar-refractivity contribution < 1.29 is 4.79 Å². The molecule has 0 saturated carbocycles. The third kappa shape index (κ3) is 3.64. The van der Waals surface area contributed by atoms with E-state index in [4.69, 9.17) is 0 Å². The highest BCUT2D eigenvalue weighted by Gasteiger charge is 2.28. The number of rotatable bonds is 3. The summed E-state index contributed by atoms with van der Waals surface area (Å²) in [6.45, 7) is 7.36. The molecule has 1 saturated heterocycles. The number of pyridine rings is 2. The van der Waals surface area contributed by atoms with Crippen molar-refractivity contribution in [3.63, 3.8) is 0 Å². The minimum Gasteiger partial charge on any atom is -0.355 e. The maximum atomic E-state index is 12.9. The second kappa shape index (κ2) is 7.32. The van der Waals surface area contributed by atoms with Crippen LogP contribution in [0.25, 0.3) is 0 Å². The standard InChI is InChI=1S/C20H26N4O2/c1-13-11-17(19(25)22-15(13)3)20(26)23(4)16-8-6-10-24(12-16)18-9-5-7-14(2)21-18/h5,7,9,11,16H,6,8,10,12H2,1-4H3,(H,22,25)/t16-/m0/s1. The largest absolute Gasteiger partial charge is 0.355 e. The van der Waals surface area contributed by atoms with Gasteiger partial charge in [-0.15, -0.1) is 0 Å². The van der Waals surface area contributed by atoms with Gasteiger partial charge in [-0.1, -0.05) is 6.07 Å². The summed E-state index contributed by atoms with van der Waals surface area (Å²) >= 11 is 0. The Morgan fingerprint density at radius 1 is 1.31 bits per heavy atom. The lowest BCUT2D eigenvalue weighted by Crippen LogP contribution is -2.49. The molecule has 6 heteroatoms. The van der Waals surface area contributed by atoms with E-state index in [1.807, 2.05) is 39.0 Å². The highest BCUT2D eigenvalue weighted by molar-refractivity contribution is 5.94. The Kier molecular flexibility index (Phi) is 5.11. The molecule has 138 valence electrons. The molecule has 1 atom stereocenters. The van der Waals surface area contributed by atoms with Crippen LogP contribution in [0.15, 0.2) is 29.1 Å². The van der Waals surface area contributed by atoms with Crippen LogP contribution in [0, 0.1) is 20.8 Å². The van der Waals surface area contributed by atoms with Crippen LogP contribution in [0.3, 0.4) is 0 Å². The number of nitrogens with zero attached hydrogens (tertiary/aromatic N) is 3. The smallest absolute Gasteiger partial charge is 0.261 e. The number of carbonyl (C=O) groups is 1. The molecule has 1 aliphatic heterocycles. The van der Waals surface area contributed by atoms with Crippen molar-refractivity contribution in [1.29, 1.82) is 0 Å². The molecule has 0 unspecified atom stereocenters. The van der Waals surface area contributed by atoms with Crippen LogP contribution in [-0.2, 0) is 0 Å². The molecular weight excluding hydrogens is 328 g/mol. The number of anilines is 1. The summed E-state index contributed by atoms with van der Waals surface area (Å²) < 4.78 is 0. The minimum atomic E-state index is -0.321. The average molecular weight is 354 g/mol. The second-order valence-corrected chi connectivity index (χ2v) is 7.12. The first-order chi connectivity index (χ1) is 12.4. The number of aryl methyl sites for hydroxylation is 3. The lowest BCUT2D eigenvalue weighted by atomic mass is 10.0. The number of aromatic nitrogens is 2. The van der Waals surface area contributed by atoms with Crippen LogP contribution >= 0.6 is 0 Å². The van der Waals surface area contributed by atoms with Gasteiger partial charge in [-0.2, -0.15) is 0 Å². The van der Waals surface area contributed by atoms with Gasteiger partial charge in [0.1, 0.15) is 11.4 Å². The van der Waals surface area contributed by atoms with Crippen molar-refractivity contribution in [3.05, 3.63) is 57.1 Å². The number of hydrogen-bond donors (Lipinski definition) is 1. The van der Waals surface area contributed by atoms with Gasteiger partial charge in [-0.25, -0.2) is 4.98 Å². The van der Waals surface area contributed by atoms with Crippen LogP contribution in [0.2, 0.25) is 0 Å². The first kappa shape index (κ1) is 18.2. The van der Waals surface area contributed by atoms with Gasteiger partial charge in [0.25, 0.3) is 11.5 Å². The second-order valence-electron chi connectivity index (χ2n) is 7.12. The summed E-state index contributed by atoms with van der Waals surface area (Å²) in [4.78, 5) is 36.4. The normalized spacial score (nSPS) is 17.2. The predicted molar refractivity (Wildman–Crippen MR) is 103 cm³/mol. The van der Waals surface area contributed by atoms with Gasteiger partial charge in [0.05, 0.1) is 0 Å². The molecule has 0 aliphatic carbocycles. The summed E-state index contributed by atoms with van der Waals surface area (Å²) in [6, 6.07) is 7.73. The van der Waals surface area contributed by atoms with Gasteiger partial charge in [0.2, 0.25) is 0 Å². The van der Waals surface area contributed by atoms with E-state index < -0.39 is 0 Å². The van der Waals surface area contributed by atoms with Crippen LogP contribution in [-0.4, -0.2) is 47.0 Å². The van der Waals surface area contributed by atoms with Crippen molar-refractivity contribution >= 4 is 11.7 Å². The number of nitrogens with one attached hydrogen (secondary N) is 1. The maximum Gasteiger partial charge on any atom is 0.261 e. The molecule has 1 N–H and O–H groups in total. The van der Waals surface area contributed by atoms with E-state index in [9.17, 15) is 9.59 Å². The fourth-order valence-corrected chi connectivity index (χ4v) is 3.42. The van der Waals surface area contributed by atoms with Crippen molar-refractivity contribution in [2.75, 3.05) is 25.0 Å². The molecule has 1 fully saturated rings. The maximum absolute atomic E-state index is 12.9. The number of aromatic amines is 1. The Labute approximate surface area is 153 Å². The van der Waals surface area contributed by atoms with E-state index in [0.717, 1.165) is 48.7 Å². The first-order valence-electron chi connectivity index (χ1n) is 9.03. The van der Waals surface area contributed by atoms with Crippen molar-refractivity contribution in [2.45, 2.75) is 39.7 Å². The zero-order valence-electron chi connectivity index (χ0n) is 15.9. The van der Waals surface area contributed by atoms with Gasteiger partial charge < -0.3 is 14.8 Å². The van der Waals surface area contributed by atoms with Gasteiger partial charge in [0, 0.05) is 37.6 Å². The van der Waals surface area contributed by atoms with Crippen LogP contribution in [0.1, 0.15) is 40.2 Å². The molecule has 3 rings (SSSR count). The molecule has 26 heavy (non-hydrogen) atoms. The molecule has 2 aromatic heterocycles. The Morgan fingerprint density at radius 3 is 2.81 bits per heavy atom. The summed E-state index contributed by atoms with van der Waals surface area (Å²) in [5, 5.41) is 0. The van der Waals surface area contributed by atoms with E-state index in [1.54, 1.807) is 18.0 Å². The molecule has 0 aromatic carbocycles. The number of carbonyl (C=O) groups excluding carboxylic acids is 1. The molecule has 2 aromatic rings. The quantitative estimate of drug-likeness (QED) is 0.919. The highest BCUT2D eigenvalue weighted by atomic mass is 16.2. The predicted octanol–water partition coefficient (Wildman–Crippen LogP) is 2.44. The number of H-pyrrole nitrogens is 1. The Morgan fingerprint density at radius 2 is 2.08 bits per heavy atom. The molecule has 1 amide bonds. The van der Waals surface area contributed by atoms with E-state index in [2.05, 4.69) is 14.9 Å². The molecular formula is C20H26N4O2. The molecule has 1 aliphatic rings. The molecule has 6 nitrogen and oxygen atoms in total. The lowest BCUT2D eigenvalue weighted by molar-refractivity contribution is 0.0715. The Balaban J connectivity index is 1.79. The summed E-state index contributed by atoms with van der Waals surface area (Å²) in [6.07, 6.45) is 1.91. The summed E-state index contributed by atoms with van der Waals surface area (Å²) in [5.74, 6) is 0.720. The van der Waals surface area contributed by atoms with Gasteiger partial charge in [0.15, 0.2) is 0 Å². The SMILES string of the molecule is Cc1cccc(N2CCC[C@H](N(C)C(=O)c3cc(C)c(C)[nH]c3=O)C2)n1. The summed E-state index contributed by atoms with van der Waals surface area (Å²) in [5.41, 5.74) is 2.58. The van der Waals surface area contributed by atoms with Crippen LogP contribution in [0.4, 0.5) is 5.82 Å². The number of amides is 1. The number of hydrogen-bond acceptors (Lipinski definition) is 4. The molecule has 0 spiro atoms. The zero-order valence-corrected chi connectivity index (χ0v) is 15.9. The van der Waals surface area contributed by atoms with E-state index >= 15 is 0 Å². The number of piperidine rings is 1. The zero-order chi connectivity index (χ0) is 18.8. The Bertz CT molecular complexity index is 874. The fourth-order valence-electron chi connectivity index (χ4n) is 3.42. The van der Waals surface area contributed by atoms with E-state index in [-0.39, 0.29) is 23.1 Å². The van der Waals surface area contributed by atoms with Crippen LogP contribution in [0.5, 0.6) is 0 Å². The van der Waals surface area contributed by atoms with Crippen molar-refractivity contribution in [3.8, 4) is 0 Å². The highest BCUT2D eigenvalue weighted by Crippen LogP contribution is 2.21. The van der Waals surface area contributed by atoms with Crippen LogP contribution < -0.4 is 10.5 Å². The Hall–Kier alpha value is -2.63. The van der Waals surface area contributed by atoms with Gasteiger partial charge in [-0.05, 0) is 57.4 Å². The van der Waals surface area contributed by atoms with E-state index in [1.165, 1.54) is 0 Å². The van der Waals surface area contributed by atoms with Gasteiger partial charge >= 0.3 is 0 Å². The fraction of sp³-hybridized carbons (Fsp3) is 0.450. The first-order valence-corrected chi connectivity index (χ1v) is 9.03. The molecule has 3 heterocycles. The van der Waals surface area contributed by atoms with Gasteiger partial charge in [-0.3, -0.25) is 9.59 Å². The number of likely N-dealkylation sites (N-methyl/N-ethyl adjacent to an activating group) is 1. The third-order valence-electron chi connectivity index (χ3n) is 5.19.